The molecule has 0 saturated carbocycles. The van der Waals surface area contributed by atoms with E-state index in [-0.39, 0.29) is 19.4 Å². The summed E-state index contributed by atoms with van der Waals surface area (Å²) in [7, 11) is -5.62. The number of halogens is 3. The minimum atomic E-state index is -5.62. The largest absolute Gasteiger partial charge is 0.516 e. The van der Waals surface area contributed by atoms with Gasteiger partial charge in [0.15, 0.2) is 0 Å². The smallest absolute Gasteiger partial charge is 0.462 e. The maximum Gasteiger partial charge on any atom is 0.516 e. The second-order valence-corrected chi connectivity index (χ2v) is 6.58. The first kappa shape index (κ1) is 21.4. The van der Waals surface area contributed by atoms with Crippen LogP contribution in [-0.2, 0) is 24.3 Å². The van der Waals surface area contributed by atoms with Crippen molar-refractivity contribution >= 4 is 21.9 Å². The summed E-state index contributed by atoms with van der Waals surface area (Å²) >= 11 is 0. The molecule has 23 heavy (non-hydrogen) atoms. The van der Waals surface area contributed by atoms with Crippen LogP contribution in [0.3, 0.4) is 0 Å². The molecular weight excluding hydrogens is 339 g/mol. The van der Waals surface area contributed by atoms with Gasteiger partial charge in [0, 0.05) is 12.0 Å². The van der Waals surface area contributed by atoms with Crippen molar-refractivity contribution in [1.82, 2.24) is 4.72 Å². The van der Waals surface area contributed by atoms with Gasteiger partial charge in [-0.1, -0.05) is 25.8 Å². The molecule has 0 aliphatic carbocycles. The quantitative estimate of drug-likeness (QED) is 0.368. The van der Waals surface area contributed by atoms with Crippen molar-refractivity contribution in [2.75, 3.05) is 6.61 Å². The Kier molecular flexibility index (Phi) is 8.88. The standard InChI is InChI=1S/C13H20F3NO5S/c1-10(2)12(19)22-9-7-5-3-4-6-8-11(18)17-23(20,21)13(14,15)16/h1,3-9H2,2H3,(H,17,18). The van der Waals surface area contributed by atoms with Gasteiger partial charge in [-0.25, -0.2) is 9.52 Å². The summed E-state index contributed by atoms with van der Waals surface area (Å²) in [5, 5.41) is 0. The van der Waals surface area contributed by atoms with Crippen LogP contribution in [0.4, 0.5) is 13.2 Å². The Bertz CT molecular complexity index is 528. The molecule has 0 aromatic carbocycles. The molecule has 0 spiro atoms. The molecule has 0 bridgehead atoms. The molecule has 0 rings (SSSR count). The van der Waals surface area contributed by atoms with Crippen LogP contribution in [0.25, 0.3) is 0 Å². The Morgan fingerprint density at radius 3 is 2.13 bits per heavy atom. The minimum Gasteiger partial charge on any atom is -0.462 e. The molecule has 0 heterocycles. The van der Waals surface area contributed by atoms with Crippen molar-refractivity contribution in [3.05, 3.63) is 12.2 Å². The fourth-order valence-electron chi connectivity index (χ4n) is 1.46. The summed E-state index contributed by atoms with van der Waals surface area (Å²) in [5.41, 5.74) is -5.19. The van der Waals surface area contributed by atoms with Gasteiger partial charge in [-0.15, -0.1) is 0 Å². The lowest BCUT2D eigenvalue weighted by Crippen LogP contribution is -2.40. The zero-order valence-electron chi connectivity index (χ0n) is 12.7. The first-order valence-corrected chi connectivity index (χ1v) is 8.40. The SMILES string of the molecule is C=C(C)C(=O)OCCCCCCCC(=O)NS(=O)(=O)C(F)(F)F. The van der Waals surface area contributed by atoms with Gasteiger partial charge in [0.1, 0.15) is 0 Å². The van der Waals surface area contributed by atoms with Crippen LogP contribution in [0.2, 0.25) is 0 Å². The molecule has 0 aliphatic rings. The van der Waals surface area contributed by atoms with Crippen molar-refractivity contribution in [2.24, 2.45) is 0 Å². The predicted octanol–water partition coefficient (Wildman–Crippen LogP) is 2.41. The number of rotatable bonds is 10. The summed E-state index contributed by atoms with van der Waals surface area (Å²) < 4.78 is 63.2. The van der Waals surface area contributed by atoms with Gasteiger partial charge in [-0.2, -0.15) is 21.6 Å². The maximum absolute atomic E-state index is 12.0. The van der Waals surface area contributed by atoms with Gasteiger partial charge >= 0.3 is 21.5 Å². The number of alkyl halides is 3. The molecule has 0 aliphatic heterocycles. The highest BCUT2D eigenvalue weighted by molar-refractivity contribution is 7.90. The Morgan fingerprint density at radius 2 is 1.61 bits per heavy atom. The van der Waals surface area contributed by atoms with Crippen LogP contribution >= 0.6 is 0 Å². The van der Waals surface area contributed by atoms with Crippen LogP contribution in [0, 0.1) is 0 Å². The van der Waals surface area contributed by atoms with E-state index in [1.165, 1.54) is 6.92 Å². The fourth-order valence-corrected chi connectivity index (χ4v) is 1.98. The van der Waals surface area contributed by atoms with E-state index in [0.29, 0.717) is 31.3 Å². The number of esters is 1. The van der Waals surface area contributed by atoms with E-state index >= 15 is 0 Å². The van der Waals surface area contributed by atoms with Crippen LogP contribution in [-0.4, -0.2) is 32.4 Å². The third-order valence-corrected chi connectivity index (χ3v) is 3.79. The number of sulfonamides is 1. The van der Waals surface area contributed by atoms with Crippen LogP contribution in [0.5, 0.6) is 0 Å². The zero-order chi connectivity index (χ0) is 18.1. The van der Waals surface area contributed by atoms with Gasteiger partial charge in [0.2, 0.25) is 5.91 Å². The zero-order valence-corrected chi connectivity index (χ0v) is 13.6. The van der Waals surface area contributed by atoms with Gasteiger partial charge in [0.25, 0.3) is 0 Å². The van der Waals surface area contributed by atoms with Crippen molar-refractivity contribution in [1.29, 1.82) is 0 Å². The van der Waals surface area contributed by atoms with Crippen molar-refractivity contribution in [3.8, 4) is 0 Å². The summed E-state index contributed by atoms with van der Waals surface area (Å²) in [6.07, 6.45) is 2.53. The third kappa shape index (κ3) is 9.22. The van der Waals surface area contributed by atoms with Gasteiger partial charge in [0.05, 0.1) is 6.61 Å². The third-order valence-electron chi connectivity index (χ3n) is 2.68. The average Bonchev–Trinajstić information content (AvgIpc) is 2.39. The number of hydrogen-bond acceptors (Lipinski definition) is 5. The Labute approximate surface area is 133 Å². The van der Waals surface area contributed by atoms with Crippen molar-refractivity contribution in [2.45, 2.75) is 51.0 Å². The molecule has 0 saturated heterocycles. The van der Waals surface area contributed by atoms with E-state index in [1.54, 1.807) is 0 Å². The fraction of sp³-hybridized carbons (Fsp3) is 0.692. The lowest BCUT2D eigenvalue weighted by Gasteiger charge is -2.09. The molecule has 0 unspecified atom stereocenters. The molecule has 6 nitrogen and oxygen atoms in total. The number of unbranched alkanes of at least 4 members (excludes halogenated alkanes) is 4. The van der Waals surface area contributed by atoms with Gasteiger partial charge < -0.3 is 4.74 Å². The molecule has 1 amide bonds. The van der Waals surface area contributed by atoms with Crippen molar-refractivity contribution < 1.29 is 35.9 Å². The number of nitrogens with one attached hydrogen (secondary N) is 1. The summed E-state index contributed by atoms with van der Waals surface area (Å²) in [6, 6.07) is 0. The molecule has 0 aromatic rings. The normalized spacial score (nSPS) is 11.8. The van der Waals surface area contributed by atoms with Crippen LogP contribution in [0.1, 0.15) is 45.4 Å². The molecular formula is C13H20F3NO5S. The highest BCUT2D eigenvalue weighted by Crippen LogP contribution is 2.21. The average molecular weight is 359 g/mol. The molecule has 1 N–H and O–H groups in total. The first-order chi connectivity index (χ1) is 10.5. The molecule has 0 atom stereocenters. The van der Waals surface area contributed by atoms with Crippen molar-refractivity contribution in [3.63, 3.8) is 0 Å². The van der Waals surface area contributed by atoms with Gasteiger partial charge in [-0.3, -0.25) is 4.79 Å². The number of carbonyl (C=O) groups is 2. The lowest BCUT2D eigenvalue weighted by molar-refractivity contribution is -0.139. The number of amides is 1. The molecule has 0 aromatic heterocycles. The summed E-state index contributed by atoms with van der Waals surface area (Å²) in [5.74, 6) is -1.65. The van der Waals surface area contributed by atoms with E-state index in [2.05, 4.69) is 6.58 Å². The number of hydrogen-bond donors (Lipinski definition) is 1. The lowest BCUT2D eigenvalue weighted by atomic mass is 10.1. The number of ether oxygens (including phenoxy) is 1. The molecule has 134 valence electrons. The number of carbonyl (C=O) groups excluding carboxylic acids is 2. The predicted molar refractivity (Wildman–Crippen MR) is 76.6 cm³/mol. The van der Waals surface area contributed by atoms with Gasteiger partial charge in [-0.05, 0) is 19.8 Å². The summed E-state index contributed by atoms with van der Waals surface area (Å²) in [4.78, 5) is 22.2. The monoisotopic (exact) mass is 359 g/mol. The summed E-state index contributed by atoms with van der Waals surface area (Å²) in [6.45, 7) is 5.21. The van der Waals surface area contributed by atoms with E-state index < -0.39 is 27.4 Å². The van der Waals surface area contributed by atoms with E-state index in [0.717, 1.165) is 4.72 Å². The molecule has 10 heteroatoms. The van der Waals surface area contributed by atoms with Crippen LogP contribution < -0.4 is 4.72 Å². The van der Waals surface area contributed by atoms with Crippen LogP contribution in [0.15, 0.2) is 12.2 Å². The Balaban J connectivity index is 3.72. The van der Waals surface area contributed by atoms with E-state index in [1.807, 2.05) is 0 Å². The van der Waals surface area contributed by atoms with E-state index in [9.17, 15) is 31.2 Å². The highest BCUT2D eigenvalue weighted by Gasteiger charge is 2.46. The maximum atomic E-state index is 12.0. The second kappa shape index (κ2) is 9.53. The minimum absolute atomic E-state index is 0.246. The first-order valence-electron chi connectivity index (χ1n) is 6.92. The molecule has 0 radical (unpaired) electrons. The highest BCUT2D eigenvalue weighted by atomic mass is 32.2. The topological polar surface area (TPSA) is 89.5 Å². The Morgan fingerprint density at radius 1 is 1.09 bits per heavy atom. The Hall–Kier alpha value is -1.58. The molecule has 0 fully saturated rings. The second-order valence-electron chi connectivity index (χ2n) is 4.91. The van der Waals surface area contributed by atoms with E-state index in [4.69, 9.17) is 4.74 Å².